The van der Waals surface area contributed by atoms with Crippen LogP contribution in [0.25, 0.3) is 22.7 Å². The summed E-state index contributed by atoms with van der Waals surface area (Å²) in [6.45, 7) is 4.92. The summed E-state index contributed by atoms with van der Waals surface area (Å²) in [6, 6.07) is 5.66. The molecule has 0 spiro atoms. The van der Waals surface area contributed by atoms with E-state index < -0.39 is 0 Å². The average molecular weight is 484 g/mol. The summed E-state index contributed by atoms with van der Waals surface area (Å²) >= 11 is 3.71. The molecule has 3 heterocycles. The Morgan fingerprint density at radius 1 is 1.13 bits per heavy atom. The van der Waals surface area contributed by atoms with Crippen molar-refractivity contribution in [1.29, 1.82) is 0 Å². The Morgan fingerprint density at radius 2 is 1.90 bits per heavy atom. The van der Waals surface area contributed by atoms with Crippen LogP contribution in [0.4, 0.5) is 0 Å². The summed E-state index contributed by atoms with van der Waals surface area (Å²) in [5, 5.41) is 0.914. The first-order valence-corrected chi connectivity index (χ1v) is 10.8. The number of hydrogen-bond donors (Lipinski definition) is 0. The van der Waals surface area contributed by atoms with Crippen LogP contribution in [-0.4, -0.2) is 32.4 Å². The normalized spacial score (nSPS) is 15.0. The first-order valence-electron chi connectivity index (χ1n) is 10.0. The van der Waals surface area contributed by atoms with Crippen molar-refractivity contribution in [2.24, 2.45) is 0 Å². The first-order chi connectivity index (χ1) is 14.9. The van der Waals surface area contributed by atoms with Gasteiger partial charge in [0.15, 0.2) is 11.5 Å². The van der Waals surface area contributed by atoms with Crippen LogP contribution in [0.1, 0.15) is 27.8 Å². The van der Waals surface area contributed by atoms with E-state index in [-0.39, 0.29) is 12.4 Å². The fourth-order valence-corrected chi connectivity index (χ4v) is 5.19. The van der Waals surface area contributed by atoms with E-state index in [1.54, 1.807) is 13.2 Å². The largest absolute Gasteiger partial charge is 0.492 e. The number of fused-ring (bicyclic) bond motifs is 3. The van der Waals surface area contributed by atoms with Crippen LogP contribution in [0, 0.1) is 13.8 Å². The molecule has 0 N–H and O–H groups in total. The Bertz CT molecular complexity index is 1320. The smallest absolute Gasteiger partial charge is 0.336 e. The van der Waals surface area contributed by atoms with Crippen LogP contribution >= 0.6 is 15.9 Å². The molecule has 6 nitrogen and oxygen atoms in total. The zero-order valence-electron chi connectivity index (χ0n) is 17.8. The van der Waals surface area contributed by atoms with Crippen molar-refractivity contribution in [3.05, 3.63) is 60.9 Å². The number of rotatable bonds is 2. The number of halogens is 1. The molecule has 0 saturated carbocycles. The van der Waals surface area contributed by atoms with Gasteiger partial charge in [-0.05, 0) is 65.0 Å². The van der Waals surface area contributed by atoms with Crippen molar-refractivity contribution in [2.75, 3.05) is 27.5 Å². The quantitative estimate of drug-likeness (QED) is 0.483. The van der Waals surface area contributed by atoms with Crippen LogP contribution in [0.5, 0.6) is 17.2 Å². The molecular weight excluding hydrogens is 462 g/mol. The minimum Gasteiger partial charge on any atom is -0.492 e. The number of ether oxygens (including phenoxy) is 3. The molecular formula is C24H22BrNO5. The third kappa shape index (κ3) is 3.10. The van der Waals surface area contributed by atoms with E-state index in [0.717, 1.165) is 56.3 Å². The second-order valence-electron chi connectivity index (χ2n) is 7.94. The van der Waals surface area contributed by atoms with Crippen molar-refractivity contribution in [3.8, 4) is 17.2 Å². The maximum absolute atomic E-state index is 12.5. The highest BCUT2D eigenvalue weighted by Crippen LogP contribution is 2.52. The Hall–Kier alpha value is -2.93. The predicted molar refractivity (Wildman–Crippen MR) is 123 cm³/mol. The van der Waals surface area contributed by atoms with E-state index in [1.807, 2.05) is 27.0 Å². The lowest BCUT2D eigenvalue weighted by Gasteiger charge is -2.22. The summed E-state index contributed by atoms with van der Waals surface area (Å²) in [7, 11) is 3.66. The standard InChI is InChI=1S/C24H22BrNO5/c1-12-7-13(2)21-16(8-12)15(10-19(27)31-21)18-9-17-14(5-6-26(18)3)20(25)23-24(22(17)28-4)30-11-29-23/h7-10H,5-6,11H2,1-4H3. The van der Waals surface area contributed by atoms with E-state index in [4.69, 9.17) is 18.6 Å². The average Bonchev–Trinajstić information content (AvgIpc) is 3.15. The monoisotopic (exact) mass is 483 g/mol. The molecule has 7 heteroatoms. The molecule has 0 radical (unpaired) electrons. The topological polar surface area (TPSA) is 61.1 Å². The van der Waals surface area contributed by atoms with Crippen molar-refractivity contribution < 1.29 is 18.6 Å². The second-order valence-corrected chi connectivity index (χ2v) is 8.74. The third-order valence-electron chi connectivity index (χ3n) is 5.90. The molecule has 0 bridgehead atoms. The summed E-state index contributed by atoms with van der Waals surface area (Å²) in [5.74, 6) is 1.91. The van der Waals surface area contributed by atoms with Gasteiger partial charge >= 0.3 is 5.63 Å². The van der Waals surface area contributed by atoms with Gasteiger partial charge in [-0.25, -0.2) is 4.79 Å². The number of aryl methyl sites for hydroxylation is 2. The fourth-order valence-electron chi connectivity index (χ4n) is 4.48. The number of likely N-dealkylation sites (N-methyl/N-ethyl adjacent to an activating group) is 1. The zero-order valence-corrected chi connectivity index (χ0v) is 19.4. The van der Waals surface area contributed by atoms with Gasteiger partial charge in [0.2, 0.25) is 12.5 Å². The molecule has 0 fully saturated rings. The van der Waals surface area contributed by atoms with Crippen molar-refractivity contribution in [2.45, 2.75) is 20.3 Å². The van der Waals surface area contributed by atoms with E-state index in [9.17, 15) is 4.79 Å². The molecule has 0 atom stereocenters. The predicted octanol–water partition coefficient (Wildman–Crippen LogP) is 4.90. The molecule has 3 aromatic rings. The van der Waals surface area contributed by atoms with Gasteiger partial charge < -0.3 is 23.5 Å². The van der Waals surface area contributed by atoms with Gasteiger partial charge in [0.25, 0.3) is 0 Å². The Labute approximate surface area is 188 Å². The van der Waals surface area contributed by atoms with Crippen LogP contribution in [0.2, 0.25) is 0 Å². The molecule has 0 unspecified atom stereocenters. The highest BCUT2D eigenvalue weighted by Gasteiger charge is 2.31. The lowest BCUT2D eigenvalue weighted by atomic mass is 9.98. The fraction of sp³-hybridized carbons (Fsp3) is 0.292. The molecule has 160 valence electrons. The summed E-state index contributed by atoms with van der Waals surface area (Å²) in [6.07, 6.45) is 2.84. The molecule has 2 aliphatic heterocycles. The lowest BCUT2D eigenvalue weighted by molar-refractivity contribution is 0.170. The van der Waals surface area contributed by atoms with Crippen LogP contribution in [0.15, 0.2) is 31.9 Å². The SMILES string of the molecule is COc1c2c(c(Br)c3c1OCO3)CCN(C)C(c1cc(=O)oc3c(C)cc(C)cc13)=C2. The molecule has 0 saturated heterocycles. The van der Waals surface area contributed by atoms with Crippen molar-refractivity contribution in [3.63, 3.8) is 0 Å². The number of methoxy groups -OCH3 is 1. The van der Waals surface area contributed by atoms with E-state index >= 15 is 0 Å². The minimum atomic E-state index is -0.368. The van der Waals surface area contributed by atoms with Gasteiger partial charge in [0, 0.05) is 41.9 Å². The molecule has 2 aliphatic rings. The summed E-state index contributed by atoms with van der Waals surface area (Å²) < 4.78 is 23.6. The Balaban J connectivity index is 1.84. The highest BCUT2D eigenvalue weighted by atomic mass is 79.9. The number of nitrogens with zero attached hydrogens (tertiary/aromatic N) is 1. The van der Waals surface area contributed by atoms with E-state index in [1.165, 1.54) is 0 Å². The Morgan fingerprint density at radius 3 is 2.68 bits per heavy atom. The molecule has 0 amide bonds. The van der Waals surface area contributed by atoms with Gasteiger partial charge in [-0.3, -0.25) is 0 Å². The van der Waals surface area contributed by atoms with Crippen molar-refractivity contribution in [1.82, 2.24) is 4.90 Å². The van der Waals surface area contributed by atoms with E-state index in [2.05, 4.69) is 33.0 Å². The molecule has 0 aliphatic carbocycles. The van der Waals surface area contributed by atoms with Crippen molar-refractivity contribution >= 4 is 38.7 Å². The molecule has 31 heavy (non-hydrogen) atoms. The molecule has 5 rings (SSSR count). The Kier molecular flexibility index (Phi) is 4.73. The summed E-state index contributed by atoms with van der Waals surface area (Å²) in [4.78, 5) is 14.6. The van der Waals surface area contributed by atoms with Gasteiger partial charge in [0.1, 0.15) is 5.58 Å². The molecule has 2 aromatic carbocycles. The summed E-state index contributed by atoms with van der Waals surface area (Å²) in [5.41, 5.74) is 6.06. The lowest BCUT2D eigenvalue weighted by Crippen LogP contribution is -2.19. The first kappa shape index (κ1) is 20.0. The van der Waals surface area contributed by atoms with Crippen LogP contribution < -0.4 is 19.8 Å². The van der Waals surface area contributed by atoms with Crippen LogP contribution in [0.3, 0.4) is 0 Å². The van der Waals surface area contributed by atoms with Gasteiger partial charge in [0.05, 0.1) is 11.6 Å². The van der Waals surface area contributed by atoms with E-state index in [0.29, 0.717) is 22.8 Å². The zero-order chi connectivity index (χ0) is 21.9. The third-order valence-corrected chi connectivity index (χ3v) is 6.74. The van der Waals surface area contributed by atoms with Gasteiger partial charge in [-0.2, -0.15) is 0 Å². The van der Waals surface area contributed by atoms with Gasteiger partial charge in [-0.15, -0.1) is 0 Å². The van der Waals surface area contributed by atoms with Crippen LogP contribution in [-0.2, 0) is 6.42 Å². The van der Waals surface area contributed by atoms with Gasteiger partial charge in [-0.1, -0.05) is 6.07 Å². The maximum atomic E-state index is 12.5. The number of benzene rings is 2. The minimum absolute atomic E-state index is 0.159. The number of hydrogen-bond acceptors (Lipinski definition) is 6. The maximum Gasteiger partial charge on any atom is 0.336 e. The second kappa shape index (κ2) is 7.34. The highest BCUT2D eigenvalue weighted by molar-refractivity contribution is 9.10. The molecule has 1 aromatic heterocycles.